The number of anilines is 1. The van der Waals surface area contributed by atoms with E-state index in [1.54, 1.807) is 0 Å². The lowest BCUT2D eigenvalue weighted by Crippen LogP contribution is -2.37. The Kier molecular flexibility index (Phi) is 3.06. The first-order chi connectivity index (χ1) is 8.86. The van der Waals surface area contributed by atoms with Crippen molar-refractivity contribution in [3.63, 3.8) is 0 Å². The van der Waals surface area contributed by atoms with Gasteiger partial charge in [0.15, 0.2) is 11.5 Å². The summed E-state index contributed by atoms with van der Waals surface area (Å²) in [6, 6.07) is 3.88. The van der Waals surface area contributed by atoms with E-state index in [1.807, 2.05) is 12.1 Å². The topological polar surface area (TPSA) is 85.2 Å². The number of hydrogen-bond acceptors (Lipinski definition) is 6. The summed E-state index contributed by atoms with van der Waals surface area (Å²) in [4.78, 5) is 2.30. The molecule has 0 bridgehead atoms. The Balaban J connectivity index is 1.80. The van der Waals surface area contributed by atoms with Gasteiger partial charge < -0.3 is 10.6 Å². The molecule has 0 aliphatic carbocycles. The minimum absolute atomic E-state index is 0.675. The summed E-state index contributed by atoms with van der Waals surface area (Å²) in [5.74, 6) is 1.62. The third kappa shape index (κ3) is 2.13. The Morgan fingerprint density at radius 2 is 2.33 bits per heavy atom. The lowest BCUT2D eigenvalue weighted by molar-refractivity contribution is 0.393. The van der Waals surface area contributed by atoms with Gasteiger partial charge in [-0.25, -0.2) is 0 Å². The minimum atomic E-state index is 0.675. The molecule has 2 aromatic heterocycles. The minimum Gasteiger partial charge on any atom is -0.355 e. The fraction of sp³-hybridized carbons (Fsp3) is 0.636. The van der Waals surface area contributed by atoms with Crippen LogP contribution in [0.2, 0.25) is 0 Å². The van der Waals surface area contributed by atoms with Crippen LogP contribution in [-0.2, 0) is 0 Å². The van der Waals surface area contributed by atoms with E-state index in [1.165, 1.54) is 17.5 Å². The lowest BCUT2D eigenvalue weighted by atomic mass is 9.95. The molecule has 2 aromatic rings. The smallest absolute Gasteiger partial charge is 0.200 e. The van der Waals surface area contributed by atoms with Crippen LogP contribution in [0.25, 0.3) is 5.65 Å². The van der Waals surface area contributed by atoms with Gasteiger partial charge in [-0.2, -0.15) is 0 Å². The van der Waals surface area contributed by atoms with E-state index in [9.17, 15) is 0 Å². The first-order valence-electron chi connectivity index (χ1n) is 6.37. The maximum absolute atomic E-state index is 5.64. The highest BCUT2D eigenvalue weighted by atomic mass is 15.6. The molecule has 1 saturated heterocycles. The first-order valence-corrected chi connectivity index (χ1v) is 6.37. The molecule has 96 valence electrons. The van der Waals surface area contributed by atoms with Crippen molar-refractivity contribution >= 4 is 11.5 Å². The molecular weight excluding hydrogens is 230 g/mol. The second-order valence-corrected chi connectivity index (χ2v) is 4.75. The van der Waals surface area contributed by atoms with Gasteiger partial charge in [-0.3, -0.25) is 0 Å². The maximum Gasteiger partial charge on any atom is 0.200 e. The zero-order valence-corrected chi connectivity index (χ0v) is 10.2. The summed E-state index contributed by atoms with van der Waals surface area (Å²) < 4.78 is 1.47. The summed E-state index contributed by atoms with van der Waals surface area (Å²) in [5.41, 5.74) is 6.31. The second kappa shape index (κ2) is 4.85. The predicted octanol–water partition coefficient (Wildman–Crippen LogP) is 0.0845. The standard InChI is InChI=1S/C11H17N7/c12-6-5-9-2-1-7-17(8-9)11-4-3-10-13-15-16-18(10)14-11/h3-4,9H,1-2,5-8,12H2. The number of rotatable bonds is 3. The van der Waals surface area contributed by atoms with E-state index in [4.69, 9.17) is 5.73 Å². The van der Waals surface area contributed by atoms with Crippen LogP contribution in [0.4, 0.5) is 5.82 Å². The molecule has 2 N–H and O–H groups in total. The van der Waals surface area contributed by atoms with Gasteiger partial charge >= 0.3 is 0 Å². The van der Waals surface area contributed by atoms with Crippen molar-refractivity contribution in [1.29, 1.82) is 0 Å². The molecule has 1 unspecified atom stereocenters. The predicted molar refractivity (Wildman–Crippen MR) is 67.2 cm³/mol. The molecule has 0 spiro atoms. The summed E-state index contributed by atoms with van der Waals surface area (Å²) in [6.07, 6.45) is 3.55. The molecule has 0 radical (unpaired) electrons. The summed E-state index contributed by atoms with van der Waals surface area (Å²) in [6.45, 7) is 2.83. The van der Waals surface area contributed by atoms with Crippen LogP contribution in [0.3, 0.4) is 0 Å². The largest absolute Gasteiger partial charge is 0.355 e. The SMILES string of the molecule is NCCC1CCCN(c2ccc3nnnn3n2)C1. The average molecular weight is 247 g/mol. The monoisotopic (exact) mass is 247 g/mol. The van der Waals surface area contributed by atoms with Crippen molar-refractivity contribution in [2.75, 3.05) is 24.5 Å². The molecule has 3 heterocycles. The highest BCUT2D eigenvalue weighted by molar-refractivity contribution is 5.44. The zero-order valence-electron chi connectivity index (χ0n) is 10.2. The molecule has 0 saturated carbocycles. The van der Waals surface area contributed by atoms with E-state index in [2.05, 4.69) is 25.5 Å². The Hall–Kier alpha value is -1.76. The van der Waals surface area contributed by atoms with Crippen molar-refractivity contribution in [2.24, 2.45) is 11.7 Å². The second-order valence-electron chi connectivity index (χ2n) is 4.75. The molecule has 1 atom stereocenters. The van der Waals surface area contributed by atoms with Gasteiger partial charge in [0.1, 0.15) is 0 Å². The zero-order chi connectivity index (χ0) is 12.4. The van der Waals surface area contributed by atoms with E-state index in [0.717, 1.165) is 31.9 Å². The van der Waals surface area contributed by atoms with E-state index < -0.39 is 0 Å². The molecule has 1 aliphatic rings. The highest BCUT2D eigenvalue weighted by Crippen LogP contribution is 2.23. The Morgan fingerprint density at radius 1 is 1.39 bits per heavy atom. The van der Waals surface area contributed by atoms with Crippen LogP contribution in [0.15, 0.2) is 12.1 Å². The van der Waals surface area contributed by atoms with Crippen molar-refractivity contribution in [1.82, 2.24) is 25.3 Å². The van der Waals surface area contributed by atoms with Gasteiger partial charge in [0.25, 0.3) is 0 Å². The first kappa shape index (κ1) is 11.3. The van der Waals surface area contributed by atoms with E-state index >= 15 is 0 Å². The number of nitrogens with zero attached hydrogens (tertiary/aromatic N) is 6. The quantitative estimate of drug-likeness (QED) is 0.827. The fourth-order valence-electron chi connectivity index (χ4n) is 2.55. The van der Waals surface area contributed by atoms with Crippen LogP contribution in [0.5, 0.6) is 0 Å². The lowest BCUT2D eigenvalue weighted by Gasteiger charge is -2.33. The van der Waals surface area contributed by atoms with Crippen LogP contribution >= 0.6 is 0 Å². The van der Waals surface area contributed by atoms with Crippen LogP contribution < -0.4 is 10.6 Å². The average Bonchev–Trinajstić information content (AvgIpc) is 2.86. The Morgan fingerprint density at radius 3 is 3.22 bits per heavy atom. The van der Waals surface area contributed by atoms with Crippen molar-refractivity contribution in [2.45, 2.75) is 19.3 Å². The van der Waals surface area contributed by atoms with Crippen LogP contribution in [0.1, 0.15) is 19.3 Å². The normalized spacial score (nSPS) is 20.5. The fourth-order valence-corrected chi connectivity index (χ4v) is 2.55. The number of nitrogens with two attached hydrogens (primary N) is 1. The highest BCUT2D eigenvalue weighted by Gasteiger charge is 2.20. The van der Waals surface area contributed by atoms with Crippen LogP contribution in [0, 0.1) is 5.92 Å². The van der Waals surface area contributed by atoms with Gasteiger partial charge in [-0.05, 0) is 54.3 Å². The number of piperidine rings is 1. The van der Waals surface area contributed by atoms with Crippen molar-refractivity contribution in [3.05, 3.63) is 12.1 Å². The molecule has 3 rings (SSSR count). The molecule has 1 aliphatic heterocycles. The number of hydrogen-bond donors (Lipinski definition) is 1. The van der Waals surface area contributed by atoms with Gasteiger partial charge in [-0.1, -0.05) is 0 Å². The molecule has 7 nitrogen and oxygen atoms in total. The molecule has 0 amide bonds. The Bertz CT molecular complexity index is 521. The number of tetrazole rings is 1. The molecule has 0 aromatic carbocycles. The van der Waals surface area contributed by atoms with Crippen LogP contribution in [-0.4, -0.2) is 44.9 Å². The summed E-state index contributed by atoms with van der Waals surface area (Å²) in [7, 11) is 0. The van der Waals surface area contributed by atoms with Gasteiger partial charge in [0.05, 0.1) is 0 Å². The Labute approximate surface area is 105 Å². The van der Waals surface area contributed by atoms with Gasteiger partial charge in [0, 0.05) is 13.1 Å². The third-order valence-electron chi connectivity index (χ3n) is 3.47. The van der Waals surface area contributed by atoms with E-state index in [0.29, 0.717) is 11.6 Å². The third-order valence-corrected chi connectivity index (χ3v) is 3.47. The van der Waals surface area contributed by atoms with Crippen molar-refractivity contribution < 1.29 is 0 Å². The molecule has 7 heteroatoms. The van der Waals surface area contributed by atoms with Crippen molar-refractivity contribution in [3.8, 4) is 0 Å². The summed E-state index contributed by atoms with van der Waals surface area (Å²) in [5, 5.41) is 15.7. The molecular formula is C11H17N7. The molecule has 18 heavy (non-hydrogen) atoms. The van der Waals surface area contributed by atoms with Gasteiger partial charge in [0.2, 0.25) is 0 Å². The van der Waals surface area contributed by atoms with Gasteiger partial charge in [-0.15, -0.1) is 14.8 Å². The maximum atomic E-state index is 5.64. The summed E-state index contributed by atoms with van der Waals surface area (Å²) >= 11 is 0. The number of fused-ring (bicyclic) bond motifs is 1. The van der Waals surface area contributed by atoms with E-state index in [-0.39, 0.29) is 0 Å². The number of aromatic nitrogens is 5. The molecule has 1 fully saturated rings.